The van der Waals surface area contributed by atoms with Crippen molar-refractivity contribution in [3.63, 3.8) is 0 Å². The Morgan fingerprint density at radius 2 is 1.77 bits per heavy atom. The summed E-state index contributed by atoms with van der Waals surface area (Å²) in [4.78, 5) is 0. The highest BCUT2D eigenvalue weighted by molar-refractivity contribution is 5.42. The van der Waals surface area contributed by atoms with E-state index in [9.17, 15) is 0 Å². The van der Waals surface area contributed by atoms with Gasteiger partial charge < -0.3 is 19.5 Å². The molecule has 0 unspecified atom stereocenters. The molecule has 0 amide bonds. The molecule has 0 bridgehead atoms. The van der Waals surface area contributed by atoms with Gasteiger partial charge in [-0.3, -0.25) is 0 Å². The van der Waals surface area contributed by atoms with Crippen LogP contribution in [0.5, 0.6) is 11.5 Å². The Labute approximate surface area is 181 Å². The standard InChI is InChI=1S/C26H37NO3/c1-6-25(3)19-26(14-16-30-25,22-10-7-20(2)8-11-22)13-15-27-18-21-9-12-23(28-4)24(17-21)29-5/h7-12,17,27H,6,13-16,18-19H2,1-5H3/t25-,26-/m1/s1. The first-order valence-electron chi connectivity index (χ1n) is 11.1. The lowest BCUT2D eigenvalue weighted by Gasteiger charge is -2.47. The molecule has 1 heterocycles. The first-order chi connectivity index (χ1) is 14.4. The molecule has 0 saturated carbocycles. The van der Waals surface area contributed by atoms with Crippen molar-refractivity contribution in [2.75, 3.05) is 27.4 Å². The second-order valence-electron chi connectivity index (χ2n) is 8.84. The largest absolute Gasteiger partial charge is 0.493 e. The smallest absolute Gasteiger partial charge is 0.161 e. The minimum atomic E-state index is -0.0491. The fourth-order valence-electron chi connectivity index (χ4n) is 4.64. The minimum Gasteiger partial charge on any atom is -0.493 e. The number of methoxy groups -OCH3 is 2. The fraction of sp³-hybridized carbons (Fsp3) is 0.538. The topological polar surface area (TPSA) is 39.7 Å². The van der Waals surface area contributed by atoms with E-state index in [-0.39, 0.29) is 11.0 Å². The van der Waals surface area contributed by atoms with Crippen molar-refractivity contribution >= 4 is 0 Å². The van der Waals surface area contributed by atoms with Crippen molar-refractivity contribution in [1.29, 1.82) is 0 Å². The van der Waals surface area contributed by atoms with Crippen LogP contribution in [0.25, 0.3) is 0 Å². The molecule has 0 aromatic heterocycles. The van der Waals surface area contributed by atoms with E-state index in [0.717, 1.165) is 56.9 Å². The second kappa shape index (κ2) is 9.84. The van der Waals surface area contributed by atoms with Gasteiger partial charge in [-0.05, 0) is 69.3 Å². The zero-order chi connectivity index (χ0) is 21.6. The number of benzene rings is 2. The Bertz CT molecular complexity index is 820. The highest BCUT2D eigenvalue weighted by Crippen LogP contribution is 2.45. The van der Waals surface area contributed by atoms with E-state index in [4.69, 9.17) is 14.2 Å². The van der Waals surface area contributed by atoms with Crippen LogP contribution in [0.15, 0.2) is 42.5 Å². The summed E-state index contributed by atoms with van der Waals surface area (Å²) < 4.78 is 17.0. The van der Waals surface area contributed by atoms with Gasteiger partial charge in [-0.15, -0.1) is 0 Å². The summed E-state index contributed by atoms with van der Waals surface area (Å²) in [7, 11) is 3.34. The van der Waals surface area contributed by atoms with Gasteiger partial charge >= 0.3 is 0 Å². The third-order valence-electron chi connectivity index (χ3n) is 6.71. The number of ether oxygens (including phenoxy) is 3. The molecule has 1 aliphatic rings. The third kappa shape index (κ3) is 5.16. The van der Waals surface area contributed by atoms with Crippen LogP contribution < -0.4 is 14.8 Å². The molecule has 4 nitrogen and oxygen atoms in total. The zero-order valence-electron chi connectivity index (χ0n) is 19.2. The summed E-state index contributed by atoms with van der Waals surface area (Å²) in [6.45, 7) is 9.26. The lowest BCUT2D eigenvalue weighted by atomic mass is 9.66. The van der Waals surface area contributed by atoms with Gasteiger partial charge in [-0.25, -0.2) is 0 Å². The van der Waals surface area contributed by atoms with Gasteiger partial charge in [-0.1, -0.05) is 42.8 Å². The molecule has 0 radical (unpaired) electrons. The number of hydrogen-bond donors (Lipinski definition) is 1. The lowest BCUT2D eigenvalue weighted by molar-refractivity contribution is -0.0979. The van der Waals surface area contributed by atoms with Crippen molar-refractivity contribution in [3.05, 3.63) is 59.2 Å². The second-order valence-corrected chi connectivity index (χ2v) is 8.84. The van der Waals surface area contributed by atoms with Crippen LogP contribution in [-0.4, -0.2) is 33.0 Å². The van der Waals surface area contributed by atoms with Crippen molar-refractivity contribution in [1.82, 2.24) is 5.32 Å². The zero-order valence-corrected chi connectivity index (χ0v) is 19.2. The molecular formula is C26H37NO3. The normalized spacial score (nSPS) is 23.9. The van der Waals surface area contributed by atoms with Crippen molar-refractivity contribution in [3.8, 4) is 11.5 Å². The van der Waals surface area contributed by atoms with Gasteiger partial charge in [0.15, 0.2) is 11.5 Å². The summed E-state index contributed by atoms with van der Waals surface area (Å²) in [6.07, 6.45) is 4.28. The molecule has 2 atom stereocenters. The van der Waals surface area contributed by atoms with Gasteiger partial charge in [0.2, 0.25) is 0 Å². The molecule has 1 fully saturated rings. The molecule has 1 aliphatic heterocycles. The van der Waals surface area contributed by atoms with Gasteiger partial charge in [-0.2, -0.15) is 0 Å². The Morgan fingerprint density at radius 3 is 2.43 bits per heavy atom. The Hall–Kier alpha value is -2.04. The first-order valence-corrected chi connectivity index (χ1v) is 11.1. The van der Waals surface area contributed by atoms with E-state index in [2.05, 4.69) is 56.4 Å². The van der Waals surface area contributed by atoms with E-state index < -0.39 is 0 Å². The van der Waals surface area contributed by atoms with Crippen LogP contribution >= 0.6 is 0 Å². The average Bonchev–Trinajstić information content (AvgIpc) is 2.77. The highest BCUT2D eigenvalue weighted by atomic mass is 16.5. The first kappa shape index (κ1) is 22.6. The lowest BCUT2D eigenvalue weighted by Crippen LogP contribution is -2.46. The van der Waals surface area contributed by atoms with Crippen LogP contribution in [0, 0.1) is 6.92 Å². The van der Waals surface area contributed by atoms with Crippen LogP contribution in [0.2, 0.25) is 0 Å². The van der Waals surface area contributed by atoms with Crippen LogP contribution in [0.3, 0.4) is 0 Å². The van der Waals surface area contributed by atoms with Gasteiger partial charge in [0, 0.05) is 18.6 Å². The quantitative estimate of drug-likeness (QED) is 0.560. The monoisotopic (exact) mass is 411 g/mol. The highest BCUT2D eigenvalue weighted by Gasteiger charge is 2.43. The predicted octanol–water partition coefficient (Wildman–Crippen LogP) is 5.41. The van der Waals surface area contributed by atoms with E-state index >= 15 is 0 Å². The van der Waals surface area contributed by atoms with Gasteiger partial charge in [0.05, 0.1) is 19.8 Å². The third-order valence-corrected chi connectivity index (χ3v) is 6.71. The van der Waals surface area contributed by atoms with E-state index in [0.29, 0.717) is 0 Å². The Balaban J connectivity index is 1.69. The maximum Gasteiger partial charge on any atom is 0.161 e. The minimum absolute atomic E-state index is 0.0491. The molecule has 0 spiro atoms. The van der Waals surface area contributed by atoms with Crippen LogP contribution in [0.1, 0.15) is 56.2 Å². The van der Waals surface area contributed by atoms with E-state index in [1.807, 2.05) is 12.1 Å². The van der Waals surface area contributed by atoms with Crippen molar-refractivity contribution < 1.29 is 14.2 Å². The molecule has 3 rings (SSSR count). The fourth-order valence-corrected chi connectivity index (χ4v) is 4.64. The van der Waals surface area contributed by atoms with Crippen LogP contribution in [-0.2, 0) is 16.7 Å². The predicted molar refractivity (Wildman–Crippen MR) is 123 cm³/mol. The molecule has 2 aromatic carbocycles. The van der Waals surface area contributed by atoms with Crippen molar-refractivity contribution in [2.45, 2.75) is 64.0 Å². The number of hydrogen-bond acceptors (Lipinski definition) is 4. The molecule has 0 aliphatic carbocycles. The maximum atomic E-state index is 6.19. The molecule has 1 saturated heterocycles. The Kier molecular flexibility index (Phi) is 7.43. The van der Waals surface area contributed by atoms with Crippen molar-refractivity contribution in [2.24, 2.45) is 0 Å². The van der Waals surface area contributed by atoms with E-state index in [1.165, 1.54) is 16.7 Å². The summed E-state index contributed by atoms with van der Waals surface area (Å²) in [5, 5.41) is 3.65. The summed E-state index contributed by atoms with van der Waals surface area (Å²) in [5.74, 6) is 1.54. The maximum absolute atomic E-state index is 6.19. The van der Waals surface area contributed by atoms with Gasteiger partial charge in [0.1, 0.15) is 0 Å². The number of aryl methyl sites for hydroxylation is 1. The van der Waals surface area contributed by atoms with Crippen LogP contribution in [0.4, 0.5) is 0 Å². The summed E-state index contributed by atoms with van der Waals surface area (Å²) in [5.41, 5.74) is 4.06. The molecule has 30 heavy (non-hydrogen) atoms. The molecule has 164 valence electrons. The molecule has 4 heteroatoms. The molecular weight excluding hydrogens is 374 g/mol. The van der Waals surface area contributed by atoms with E-state index in [1.54, 1.807) is 14.2 Å². The SMILES string of the molecule is CC[C@]1(C)C[C@](CCNCc2ccc(OC)c(OC)c2)(c2ccc(C)cc2)CCO1. The van der Waals surface area contributed by atoms with Gasteiger partial charge in [0.25, 0.3) is 0 Å². The summed E-state index contributed by atoms with van der Waals surface area (Å²) in [6, 6.07) is 15.2. The number of rotatable bonds is 9. The molecule has 2 aromatic rings. The summed E-state index contributed by atoms with van der Waals surface area (Å²) >= 11 is 0. The average molecular weight is 412 g/mol. The number of nitrogens with one attached hydrogen (secondary N) is 1. The Morgan fingerprint density at radius 1 is 1.03 bits per heavy atom. The molecule has 1 N–H and O–H groups in total.